The molecule has 3 rings (SSSR count). The van der Waals surface area contributed by atoms with Crippen LogP contribution in [-0.2, 0) is 5.75 Å². The van der Waals surface area contributed by atoms with E-state index in [1.165, 1.54) is 11.8 Å². The zero-order valence-corrected chi connectivity index (χ0v) is 13.4. The first-order valence-corrected chi connectivity index (χ1v) is 7.87. The molecule has 4 nitrogen and oxygen atoms in total. The van der Waals surface area contributed by atoms with Gasteiger partial charge in [0.05, 0.1) is 28.9 Å². The molecular weight excluding hydrogens is 329 g/mol. The van der Waals surface area contributed by atoms with Gasteiger partial charge in [-0.15, -0.1) is 0 Å². The van der Waals surface area contributed by atoms with E-state index in [2.05, 4.69) is 15.0 Å². The number of H-pyrrole nitrogens is 1. The quantitative estimate of drug-likeness (QED) is 0.558. The van der Waals surface area contributed by atoms with Crippen LogP contribution in [-0.4, -0.2) is 22.1 Å². The van der Waals surface area contributed by atoms with E-state index in [0.717, 1.165) is 27.6 Å². The van der Waals surface area contributed by atoms with Crippen molar-refractivity contribution in [3.8, 4) is 5.75 Å². The van der Waals surface area contributed by atoms with Gasteiger partial charge in [-0.3, -0.25) is 0 Å². The molecule has 0 bridgehead atoms. The third kappa shape index (κ3) is 3.26. The van der Waals surface area contributed by atoms with Gasteiger partial charge in [0, 0.05) is 11.8 Å². The number of rotatable bonds is 4. The number of halogens is 2. The Hall–Kier alpha value is -1.43. The van der Waals surface area contributed by atoms with Gasteiger partial charge < -0.3 is 9.72 Å². The molecule has 0 saturated carbocycles. The van der Waals surface area contributed by atoms with Crippen molar-refractivity contribution < 1.29 is 4.74 Å². The molecule has 7 heteroatoms. The Morgan fingerprint density at radius 3 is 2.86 bits per heavy atom. The van der Waals surface area contributed by atoms with Crippen molar-refractivity contribution >= 4 is 46.0 Å². The fourth-order valence-corrected chi connectivity index (χ4v) is 3.11. The lowest BCUT2D eigenvalue weighted by atomic mass is 10.3. The zero-order chi connectivity index (χ0) is 14.8. The van der Waals surface area contributed by atoms with Crippen LogP contribution in [0.5, 0.6) is 5.75 Å². The van der Waals surface area contributed by atoms with E-state index in [4.69, 9.17) is 27.9 Å². The summed E-state index contributed by atoms with van der Waals surface area (Å²) in [5, 5.41) is 1.84. The second-order valence-corrected chi connectivity index (χ2v) is 6.03. The van der Waals surface area contributed by atoms with Crippen molar-refractivity contribution in [3.63, 3.8) is 0 Å². The maximum absolute atomic E-state index is 6.10. The molecule has 0 atom stereocenters. The van der Waals surface area contributed by atoms with Gasteiger partial charge >= 0.3 is 0 Å². The third-order valence-corrected chi connectivity index (χ3v) is 4.34. The molecule has 1 N–H and O–H groups in total. The summed E-state index contributed by atoms with van der Waals surface area (Å²) in [7, 11) is 1.64. The van der Waals surface area contributed by atoms with Gasteiger partial charge in [0.25, 0.3) is 0 Å². The van der Waals surface area contributed by atoms with E-state index in [1.807, 2.05) is 18.2 Å². The van der Waals surface area contributed by atoms with Gasteiger partial charge in [0.2, 0.25) is 0 Å². The predicted octanol–water partition coefficient (Wildman–Crippen LogP) is 4.57. The largest absolute Gasteiger partial charge is 0.497 e. The minimum absolute atomic E-state index is 0.435. The number of nitrogens with zero attached hydrogens (tertiary/aromatic N) is 2. The van der Waals surface area contributed by atoms with Crippen molar-refractivity contribution in [1.29, 1.82) is 0 Å². The number of methoxy groups -OCH3 is 1. The van der Waals surface area contributed by atoms with Crippen molar-refractivity contribution in [3.05, 3.63) is 46.2 Å². The molecule has 0 amide bonds. The second kappa shape index (κ2) is 6.13. The van der Waals surface area contributed by atoms with Crippen LogP contribution in [0.15, 0.2) is 35.5 Å². The molecule has 0 unspecified atom stereocenters. The highest BCUT2D eigenvalue weighted by atomic mass is 35.5. The van der Waals surface area contributed by atoms with E-state index in [0.29, 0.717) is 15.9 Å². The normalized spacial score (nSPS) is 11.0. The first-order valence-electron chi connectivity index (χ1n) is 6.13. The molecule has 0 aliphatic rings. The van der Waals surface area contributed by atoms with E-state index in [1.54, 1.807) is 19.2 Å². The SMILES string of the molecule is COc1ccc2nc(SCc3nc(Cl)ccc3Cl)[nH]c2c1. The summed E-state index contributed by atoms with van der Waals surface area (Å²) in [4.78, 5) is 12.0. The van der Waals surface area contributed by atoms with Crippen LogP contribution in [0.1, 0.15) is 5.69 Å². The first-order chi connectivity index (χ1) is 10.2. The number of thioether (sulfide) groups is 1. The van der Waals surface area contributed by atoms with Crippen molar-refractivity contribution in [2.24, 2.45) is 0 Å². The molecule has 3 aromatic rings. The van der Waals surface area contributed by atoms with E-state index >= 15 is 0 Å². The van der Waals surface area contributed by atoms with E-state index in [9.17, 15) is 0 Å². The molecule has 2 heterocycles. The molecule has 0 fully saturated rings. The smallest absolute Gasteiger partial charge is 0.166 e. The average molecular weight is 340 g/mol. The highest BCUT2D eigenvalue weighted by Crippen LogP contribution is 2.27. The summed E-state index contributed by atoms with van der Waals surface area (Å²) in [6.07, 6.45) is 0. The number of hydrogen-bond donors (Lipinski definition) is 1. The van der Waals surface area contributed by atoms with Gasteiger partial charge in [-0.2, -0.15) is 0 Å². The highest BCUT2D eigenvalue weighted by molar-refractivity contribution is 7.98. The fourth-order valence-electron chi connectivity index (χ4n) is 1.86. The Kier molecular flexibility index (Phi) is 4.24. The maximum Gasteiger partial charge on any atom is 0.166 e. The van der Waals surface area contributed by atoms with Crippen LogP contribution in [0, 0.1) is 0 Å². The second-order valence-electron chi connectivity index (χ2n) is 4.28. The lowest BCUT2D eigenvalue weighted by molar-refractivity contribution is 0.415. The number of benzene rings is 1. The van der Waals surface area contributed by atoms with Crippen molar-refractivity contribution in [2.75, 3.05) is 7.11 Å². The third-order valence-electron chi connectivity index (χ3n) is 2.90. The summed E-state index contributed by atoms with van der Waals surface area (Å²) in [5.41, 5.74) is 2.57. The molecule has 21 heavy (non-hydrogen) atoms. The van der Waals surface area contributed by atoms with Gasteiger partial charge in [-0.1, -0.05) is 35.0 Å². The molecule has 2 aromatic heterocycles. The minimum atomic E-state index is 0.435. The lowest BCUT2D eigenvalue weighted by Gasteiger charge is -2.01. The predicted molar refractivity (Wildman–Crippen MR) is 86.5 cm³/mol. The Morgan fingerprint density at radius 1 is 1.19 bits per heavy atom. The van der Waals surface area contributed by atoms with Gasteiger partial charge in [0.1, 0.15) is 10.9 Å². The Balaban J connectivity index is 1.80. The van der Waals surface area contributed by atoms with Crippen LogP contribution < -0.4 is 4.74 Å². The van der Waals surface area contributed by atoms with Gasteiger partial charge in [-0.05, 0) is 24.3 Å². The Labute approximate surface area is 135 Å². The number of pyridine rings is 1. The molecule has 0 saturated heterocycles. The molecule has 0 radical (unpaired) electrons. The fraction of sp³-hybridized carbons (Fsp3) is 0.143. The highest BCUT2D eigenvalue weighted by Gasteiger charge is 2.08. The summed E-state index contributed by atoms with van der Waals surface area (Å²) >= 11 is 13.5. The summed E-state index contributed by atoms with van der Waals surface area (Å²) in [5.74, 6) is 1.39. The number of nitrogens with one attached hydrogen (secondary N) is 1. The average Bonchev–Trinajstić information content (AvgIpc) is 2.89. The number of ether oxygens (including phenoxy) is 1. The van der Waals surface area contributed by atoms with Gasteiger partial charge in [-0.25, -0.2) is 9.97 Å². The molecule has 108 valence electrons. The maximum atomic E-state index is 6.10. The minimum Gasteiger partial charge on any atom is -0.497 e. The van der Waals surface area contributed by atoms with Crippen molar-refractivity contribution in [1.82, 2.24) is 15.0 Å². The molecule has 0 aliphatic carbocycles. The summed E-state index contributed by atoms with van der Waals surface area (Å²) in [6, 6.07) is 9.13. The number of hydrogen-bond acceptors (Lipinski definition) is 4. The number of imidazole rings is 1. The van der Waals surface area contributed by atoms with Crippen LogP contribution in [0.3, 0.4) is 0 Å². The topological polar surface area (TPSA) is 50.8 Å². The van der Waals surface area contributed by atoms with Crippen LogP contribution >= 0.6 is 35.0 Å². The molecule has 0 aliphatic heterocycles. The molecule has 1 aromatic carbocycles. The number of aromatic nitrogens is 3. The first kappa shape index (κ1) is 14.5. The van der Waals surface area contributed by atoms with Crippen LogP contribution in [0.4, 0.5) is 0 Å². The van der Waals surface area contributed by atoms with E-state index in [-0.39, 0.29) is 0 Å². The lowest BCUT2D eigenvalue weighted by Crippen LogP contribution is -1.89. The monoisotopic (exact) mass is 339 g/mol. The summed E-state index contributed by atoms with van der Waals surface area (Å²) < 4.78 is 5.19. The van der Waals surface area contributed by atoms with Crippen molar-refractivity contribution in [2.45, 2.75) is 10.9 Å². The molecule has 0 spiro atoms. The standard InChI is InChI=1S/C14H11Cl2N3OS/c1-20-8-2-4-10-11(6-8)19-14(18-10)21-7-12-9(15)3-5-13(16)17-12/h2-6H,7H2,1H3,(H,18,19). The zero-order valence-electron chi connectivity index (χ0n) is 11.1. The van der Waals surface area contributed by atoms with Gasteiger partial charge in [0.15, 0.2) is 5.16 Å². The Bertz CT molecular complexity index is 791. The molecular formula is C14H11Cl2N3OS. The number of fused-ring (bicyclic) bond motifs is 1. The summed E-state index contributed by atoms with van der Waals surface area (Å²) in [6.45, 7) is 0. The number of aromatic amines is 1. The van der Waals surface area contributed by atoms with Crippen LogP contribution in [0.2, 0.25) is 10.2 Å². The van der Waals surface area contributed by atoms with Crippen LogP contribution in [0.25, 0.3) is 11.0 Å². The Morgan fingerprint density at radius 2 is 2.05 bits per heavy atom. The van der Waals surface area contributed by atoms with E-state index < -0.39 is 0 Å².